The Labute approximate surface area is 127 Å². The minimum atomic E-state index is -0.0811. The van der Waals surface area contributed by atoms with Crippen LogP contribution in [0.1, 0.15) is 26.5 Å². The van der Waals surface area contributed by atoms with Gasteiger partial charge in [0.25, 0.3) is 5.91 Å². The number of carbonyl (C=O) groups is 1. The van der Waals surface area contributed by atoms with Gasteiger partial charge < -0.3 is 5.32 Å². The van der Waals surface area contributed by atoms with Gasteiger partial charge in [-0.25, -0.2) is 4.98 Å². The molecule has 0 aliphatic heterocycles. The Morgan fingerprint density at radius 3 is 2.48 bits per heavy atom. The van der Waals surface area contributed by atoms with Crippen LogP contribution in [-0.2, 0) is 0 Å². The summed E-state index contributed by atoms with van der Waals surface area (Å²) in [6.07, 6.45) is 0. The van der Waals surface area contributed by atoms with E-state index >= 15 is 0 Å². The smallest absolute Gasteiger partial charge is 0.255 e. The van der Waals surface area contributed by atoms with E-state index < -0.39 is 0 Å². The third-order valence-corrected chi connectivity index (χ3v) is 4.17. The van der Waals surface area contributed by atoms with E-state index in [0.29, 0.717) is 5.56 Å². The average Bonchev–Trinajstić information content (AvgIpc) is 2.77. The van der Waals surface area contributed by atoms with E-state index in [4.69, 9.17) is 0 Å². The first kappa shape index (κ1) is 13.8. The third-order valence-electron chi connectivity index (χ3n) is 3.24. The second-order valence-electron chi connectivity index (χ2n) is 5.25. The molecule has 106 valence electrons. The number of aromatic nitrogens is 1. The summed E-state index contributed by atoms with van der Waals surface area (Å²) in [5, 5.41) is 3.98. The fourth-order valence-electron chi connectivity index (χ4n) is 2.43. The quantitative estimate of drug-likeness (QED) is 0.758. The second kappa shape index (κ2) is 5.30. The van der Waals surface area contributed by atoms with Gasteiger partial charge >= 0.3 is 0 Å². The number of aryl methyl sites for hydroxylation is 3. The van der Waals surface area contributed by atoms with E-state index in [1.54, 1.807) is 11.3 Å². The lowest BCUT2D eigenvalue weighted by Crippen LogP contribution is -2.12. The first-order valence-electron chi connectivity index (χ1n) is 6.78. The lowest BCUT2D eigenvalue weighted by molar-refractivity contribution is 0.102. The molecule has 0 saturated carbocycles. The minimum absolute atomic E-state index is 0.0811. The monoisotopic (exact) mass is 296 g/mol. The van der Waals surface area contributed by atoms with Gasteiger partial charge in [-0.05, 0) is 51.1 Å². The number of amides is 1. The predicted molar refractivity (Wildman–Crippen MR) is 88.2 cm³/mol. The summed E-state index contributed by atoms with van der Waals surface area (Å²) in [7, 11) is 0. The van der Waals surface area contributed by atoms with Crippen molar-refractivity contribution in [2.75, 3.05) is 5.32 Å². The number of thiazole rings is 1. The number of rotatable bonds is 2. The maximum absolute atomic E-state index is 12.3. The van der Waals surface area contributed by atoms with Crippen molar-refractivity contribution in [2.45, 2.75) is 20.8 Å². The zero-order valence-corrected chi connectivity index (χ0v) is 13.0. The fraction of sp³-hybridized carbons (Fsp3) is 0.176. The summed E-state index contributed by atoms with van der Waals surface area (Å²) in [5.74, 6) is -0.0811. The van der Waals surface area contributed by atoms with Crippen molar-refractivity contribution in [1.29, 1.82) is 0 Å². The van der Waals surface area contributed by atoms with Crippen molar-refractivity contribution in [3.63, 3.8) is 0 Å². The molecule has 1 N–H and O–H groups in total. The Hall–Kier alpha value is -2.20. The highest BCUT2D eigenvalue weighted by Crippen LogP contribution is 2.25. The first-order chi connectivity index (χ1) is 10.0. The number of carbonyl (C=O) groups excluding carboxylic acids is 1. The van der Waals surface area contributed by atoms with Gasteiger partial charge in [-0.2, -0.15) is 0 Å². The molecule has 1 aromatic heterocycles. The Kier molecular flexibility index (Phi) is 3.47. The normalized spacial score (nSPS) is 10.8. The van der Waals surface area contributed by atoms with Gasteiger partial charge in [-0.1, -0.05) is 17.2 Å². The lowest BCUT2D eigenvalue weighted by Gasteiger charge is -2.07. The molecule has 2 aromatic carbocycles. The highest BCUT2D eigenvalue weighted by atomic mass is 32.1. The molecule has 3 rings (SSSR count). The third kappa shape index (κ3) is 2.95. The van der Waals surface area contributed by atoms with Crippen LogP contribution >= 0.6 is 11.3 Å². The molecule has 21 heavy (non-hydrogen) atoms. The van der Waals surface area contributed by atoms with Gasteiger partial charge in [0.05, 0.1) is 15.2 Å². The van der Waals surface area contributed by atoms with Crippen LogP contribution in [0.2, 0.25) is 0 Å². The number of nitrogens with one attached hydrogen (secondary N) is 1. The molecule has 4 heteroatoms. The van der Waals surface area contributed by atoms with Crippen LogP contribution in [0.4, 0.5) is 5.69 Å². The van der Waals surface area contributed by atoms with Crippen LogP contribution in [0.3, 0.4) is 0 Å². The van der Waals surface area contributed by atoms with E-state index in [9.17, 15) is 4.79 Å². The number of hydrogen-bond acceptors (Lipinski definition) is 3. The summed E-state index contributed by atoms with van der Waals surface area (Å²) in [4.78, 5) is 16.8. The van der Waals surface area contributed by atoms with Gasteiger partial charge in [-0.3, -0.25) is 4.79 Å². The van der Waals surface area contributed by atoms with Crippen molar-refractivity contribution >= 4 is 33.1 Å². The van der Waals surface area contributed by atoms with Crippen molar-refractivity contribution in [2.24, 2.45) is 0 Å². The summed E-state index contributed by atoms with van der Waals surface area (Å²) in [6.45, 7) is 5.98. The van der Waals surface area contributed by atoms with Gasteiger partial charge in [0, 0.05) is 11.3 Å². The largest absolute Gasteiger partial charge is 0.322 e. The highest BCUT2D eigenvalue weighted by Gasteiger charge is 2.08. The van der Waals surface area contributed by atoms with Crippen LogP contribution in [0.5, 0.6) is 0 Å². The molecule has 0 bridgehead atoms. The van der Waals surface area contributed by atoms with Crippen molar-refractivity contribution in [3.05, 3.63) is 58.1 Å². The first-order valence-corrected chi connectivity index (χ1v) is 7.60. The number of benzene rings is 2. The van der Waals surface area contributed by atoms with Crippen LogP contribution in [0, 0.1) is 20.8 Å². The molecule has 0 fully saturated rings. The molecule has 0 aliphatic carbocycles. The molecule has 0 atom stereocenters. The zero-order valence-electron chi connectivity index (χ0n) is 12.2. The molecule has 3 aromatic rings. The molecule has 1 heterocycles. The molecule has 0 spiro atoms. The van der Waals surface area contributed by atoms with Gasteiger partial charge in [0.15, 0.2) is 0 Å². The predicted octanol–water partition coefficient (Wildman–Crippen LogP) is 4.47. The van der Waals surface area contributed by atoms with Crippen molar-refractivity contribution in [1.82, 2.24) is 4.98 Å². The standard InChI is InChI=1S/C17H16N2OS/c1-10-6-11(2)8-13(7-10)17(20)19-14-4-5-15-16(9-14)21-12(3)18-15/h4-9H,1-3H3,(H,19,20). The van der Waals surface area contributed by atoms with Crippen LogP contribution in [0.25, 0.3) is 10.2 Å². The molecule has 0 saturated heterocycles. The Bertz CT molecular complexity index is 816. The van der Waals surface area contributed by atoms with Gasteiger partial charge in [-0.15, -0.1) is 11.3 Å². The van der Waals surface area contributed by atoms with Gasteiger partial charge in [0.2, 0.25) is 0 Å². The van der Waals surface area contributed by atoms with E-state index in [1.165, 1.54) is 0 Å². The van der Waals surface area contributed by atoms with E-state index in [0.717, 1.165) is 32.0 Å². The maximum atomic E-state index is 12.3. The lowest BCUT2D eigenvalue weighted by atomic mass is 10.1. The highest BCUT2D eigenvalue weighted by molar-refractivity contribution is 7.18. The Morgan fingerprint density at radius 2 is 1.76 bits per heavy atom. The molecular weight excluding hydrogens is 280 g/mol. The number of hydrogen-bond donors (Lipinski definition) is 1. The number of anilines is 1. The minimum Gasteiger partial charge on any atom is -0.322 e. The number of nitrogens with zero attached hydrogens (tertiary/aromatic N) is 1. The summed E-state index contributed by atoms with van der Waals surface area (Å²) in [6, 6.07) is 11.7. The summed E-state index contributed by atoms with van der Waals surface area (Å²) < 4.78 is 1.09. The molecular formula is C17H16N2OS. The van der Waals surface area contributed by atoms with Crippen molar-refractivity contribution in [3.8, 4) is 0 Å². The molecule has 1 amide bonds. The number of fused-ring (bicyclic) bond motifs is 1. The topological polar surface area (TPSA) is 42.0 Å². The van der Waals surface area contributed by atoms with E-state index in [2.05, 4.69) is 16.4 Å². The fourth-order valence-corrected chi connectivity index (χ4v) is 3.29. The van der Waals surface area contributed by atoms with E-state index in [1.807, 2.05) is 51.1 Å². The SMILES string of the molecule is Cc1cc(C)cc(C(=O)Nc2ccc3nc(C)sc3c2)c1. The van der Waals surface area contributed by atoms with Crippen molar-refractivity contribution < 1.29 is 4.79 Å². The van der Waals surface area contributed by atoms with E-state index in [-0.39, 0.29) is 5.91 Å². The zero-order chi connectivity index (χ0) is 15.0. The van der Waals surface area contributed by atoms with Crippen LogP contribution in [0.15, 0.2) is 36.4 Å². The molecule has 0 radical (unpaired) electrons. The molecule has 0 unspecified atom stereocenters. The average molecular weight is 296 g/mol. The molecule has 3 nitrogen and oxygen atoms in total. The summed E-state index contributed by atoms with van der Waals surface area (Å²) in [5.41, 5.74) is 4.65. The summed E-state index contributed by atoms with van der Waals surface area (Å²) >= 11 is 1.63. The second-order valence-corrected chi connectivity index (χ2v) is 6.48. The Morgan fingerprint density at radius 1 is 1.05 bits per heavy atom. The molecule has 0 aliphatic rings. The van der Waals surface area contributed by atoms with Gasteiger partial charge in [0.1, 0.15) is 0 Å². The van der Waals surface area contributed by atoms with Crippen LogP contribution < -0.4 is 5.32 Å². The van der Waals surface area contributed by atoms with Crippen LogP contribution in [-0.4, -0.2) is 10.9 Å². The maximum Gasteiger partial charge on any atom is 0.255 e. The Balaban J connectivity index is 1.88.